The van der Waals surface area contributed by atoms with Gasteiger partial charge in [0.25, 0.3) is 0 Å². The average Bonchev–Trinajstić information content (AvgIpc) is 3.26. The number of imide groups is 1. The molecule has 10 heteroatoms. The van der Waals surface area contributed by atoms with Gasteiger partial charge in [-0.2, -0.15) is 0 Å². The zero-order valence-electron chi connectivity index (χ0n) is 17.2. The molecule has 9 nitrogen and oxygen atoms in total. The van der Waals surface area contributed by atoms with Crippen molar-refractivity contribution in [2.75, 3.05) is 14.2 Å². The van der Waals surface area contributed by atoms with Crippen molar-refractivity contribution in [3.05, 3.63) is 52.0 Å². The Balaban J connectivity index is 1.83. The van der Waals surface area contributed by atoms with Crippen LogP contribution in [0.15, 0.2) is 40.9 Å². The largest absolute Gasteiger partial charge is 0.508 e. The van der Waals surface area contributed by atoms with Gasteiger partial charge in [0, 0.05) is 12.5 Å². The monoisotopic (exact) mass is 504 g/mol. The average molecular weight is 505 g/mol. The van der Waals surface area contributed by atoms with Crippen LogP contribution in [0.4, 0.5) is 0 Å². The maximum Gasteiger partial charge on any atom is 0.325 e. The lowest BCUT2D eigenvalue weighted by atomic mass is 9.76. The first kappa shape index (κ1) is 22.1. The summed E-state index contributed by atoms with van der Waals surface area (Å²) >= 11 is 3.42. The third-order valence-electron chi connectivity index (χ3n) is 6.11. The number of aromatic hydroxyl groups is 1. The topological polar surface area (TPSA) is 134 Å². The number of fused-ring (bicyclic) bond motifs is 1. The van der Waals surface area contributed by atoms with Crippen molar-refractivity contribution in [3.63, 3.8) is 0 Å². The van der Waals surface area contributed by atoms with Gasteiger partial charge in [0.1, 0.15) is 11.3 Å². The first-order valence-corrected chi connectivity index (χ1v) is 10.6. The fourth-order valence-electron chi connectivity index (χ4n) is 4.70. The first-order chi connectivity index (χ1) is 15.2. The zero-order chi connectivity index (χ0) is 23.2. The second-order valence-corrected chi connectivity index (χ2v) is 8.69. The van der Waals surface area contributed by atoms with Crippen molar-refractivity contribution in [2.45, 2.75) is 18.0 Å². The third kappa shape index (κ3) is 3.39. The number of phenols is 1. The van der Waals surface area contributed by atoms with Gasteiger partial charge in [0.15, 0.2) is 11.5 Å². The van der Waals surface area contributed by atoms with Crippen LogP contribution in [0.2, 0.25) is 0 Å². The molecule has 4 atom stereocenters. The minimum absolute atomic E-state index is 0.0391. The fourth-order valence-corrected chi connectivity index (χ4v) is 5.32. The third-order valence-corrected chi connectivity index (χ3v) is 6.70. The van der Waals surface area contributed by atoms with Crippen LogP contribution >= 0.6 is 15.9 Å². The van der Waals surface area contributed by atoms with Crippen molar-refractivity contribution >= 4 is 33.7 Å². The molecular weight excluding hydrogens is 484 g/mol. The quantitative estimate of drug-likeness (QED) is 0.437. The van der Waals surface area contributed by atoms with E-state index < -0.39 is 41.2 Å². The van der Waals surface area contributed by atoms with Gasteiger partial charge in [-0.15, -0.1) is 0 Å². The van der Waals surface area contributed by atoms with Crippen LogP contribution in [0.5, 0.6) is 17.2 Å². The molecule has 32 heavy (non-hydrogen) atoms. The van der Waals surface area contributed by atoms with E-state index in [0.717, 1.165) is 0 Å². The normalized spacial score (nSPS) is 26.5. The Labute approximate surface area is 191 Å². The van der Waals surface area contributed by atoms with Crippen molar-refractivity contribution in [3.8, 4) is 17.2 Å². The number of carbonyl (C=O) groups excluding carboxylic acids is 2. The van der Waals surface area contributed by atoms with Crippen molar-refractivity contribution in [1.29, 1.82) is 0 Å². The molecule has 168 valence electrons. The van der Waals surface area contributed by atoms with Gasteiger partial charge in [-0.05, 0) is 51.3 Å². The van der Waals surface area contributed by atoms with Gasteiger partial charge >= 0.3 is 5.97 Å². The molecule has 4 N–H and O–H groups in total. The Morgan fingerprint density at radius 2 is 1.81 bits per heavy atom. The molecule has 0 aliphatic carbocycles. The highest BCUT2D eigenvalue weighted by molar-refractivity contribution is 9.10. The fraction of sp³-hybridized carbons (Fsp3) is 0.318. The first-order valence-electron chi connectivity index (χ1n) is 9.77. The summed E-state index contributed by atoms with van der Waals surface area (Å²) in [7, 11) is 2.96. The van der Waals surface area contributed by atoms with E-state index in [0.29, 0.717) is 27.1 Å². The van der Waals surface area contributed by atoms with Gasteiger partial charge in [0.2, 0.25) is 11.8 Å². The molecule has 0 spiro atoms. The maximum atomic E-state index is 12.8. The van der Waals surface area contributed by atoms with E-state index in [1.165, 1.54) is 26.4 Å². The molecule has 2 heterocycles. The molecule has 0 bridgehead atoms. The number of hydrogen-bond donors (Lipinski definition) is 4. The van der Waals surface area contributed by atoms with Gasteiger partial charge < -0.3 is 19.7 Å². The second kappa shape index (κ2) is 8.10. The predicted molar refractivity (Wildman–Crippen MR) is 115 cm³/mol. The number of nitrogens with one attached hydrogen (secondary N) is 2. The number of benzene rings is 2. The van der Waals surface area contributed by atoms with Crippen LogP contribution in [-0.2, 0) is 20.8 Å². The van der Waals surface area contributed by atoms with Gasteiger partial charge in [-0.3, -0.25) is 25.0 Å². The van der Waals surface area contributed by atoms with E-state index in [-0.39, 0.29) is 12.2 Å². The van der Waals surface area contributed by atoms with Gasteiger partial charge in [-0.1, -0.05) is 12.1 Å². The van der Waals surface area contributed by atoms with E-state index in [1.807, 2.05) is 0 Å². The van der Waals surface area contributed by atoms with Crippen molar-refractivity contribution in [1.82, 2.24) is 10.6 Å². The second-order valence-electron chi connectivity index (χ2n) is 7.84. The van der Waals surface area contributed by atoms with Gasteiger partial charge in [-0.25, -0.2) is 0 Å². The molecule has 2 aliphatic heterocycles. The summed E-state index contributed by atoms with van der Waals surface area (Å²) in [5, 5.41) is 25.2. The highest BCUT2D eigenvalue weighted by Crippen LogP contribution is 2.49. The standard InChI is InChI=1S/C22H21BrN2O7/c1-31-14-8-11(7-13(23)18(14)32-2)17-15-16(20(28)24-19(15)27)22(25-17,21(29)30)9-10-3-5-12(26)6-4-10/h3-8,15-17,25-26H,9H2,1-2H3,(H,29,30)(H,24,27,28). The van der Waals surface area contributed by atoms with Crippen LogP contribution in [0.3, 0.4) is 0 Å². The van der Waals surface area contributed by atoms with E-state index in [4.69, 9.17) is 9.47 Å². The molecule has 2 amide bonds. The summed E-state index contributed by atoms with van der Waals surface area (Å²) in [5.74, 6) is -3.57. The maximum absolute atomic E-state index is 12.8. The number of aliphatic carboxylic acids is 1. The van der Waals surface area contributed by atoms with Crippen LogP contribution in [0.1, 0.15) is 17.2 Å². The Morgan fingerprint density at radius 1 is 1.12 bits per heavy atom. The van der Waals surface area contributed by atoms with E-state index in [9.17, 15) is 24.6 Å². The summed E-state index contributed by atoms with van der Waals surface area (Å²) in [4.78, 5) is 38.1. The lowest BCUT2D eigenvalue weighted by Crippen LogP contribution is -2.57. The molecule has 2 aromatic carbocycles. The lowest BCUT2D eigenvalue weighted by Gasteiger charge is -2.30. The van der Waals surface area contributed by atoms with Crippen molar-refractivity contribution in [2.24, 2.45) is 11.8 Å². The summed E-state index contributed by atoms with van der Waals surface area (Å²) in [5.41, 5.74) is -0.566. The summed E-state index contributed by atoms with van der Waals surface area (Å²) < 4.78 is 11.3. The highest BCUT2D eigenvalue weighted by Gasteiger charge is 2.66. The molecule has 2 aromatic rings. The van der Waals surface area contributed by atoms with Crippen LogP contribution in [0.25, 0.3) is 0 Å². The molecule has 0 radical (unpaired) electrons. The highest BCUT2D eigenvalue weighted by atomic mass is 79.9. The Morgan fingerprint density at radius 3 is 2.41 bits per heavy atom. The number of amides is 2. The van der Waals surface area contributed by atoms with Crippen molar-refractivity contribution < 1.29 is 34.1 Å². The number of carboxylic acid groups (broad SMARTS) is 1. The number of ether oxygens (including phenoxy) is 2. The molecule has 0 aromatic heterocycles. The smallest absolute Gasteiger partial charge is 0.325 e. The SMILES string of the molecule is COc1cc(C2NC(Cc3ccc(O)cc3)(C(=O)O)C3C(=O)NC(=O)C23)cc(Br)c1OC. The Kier molecular flexibility index (Phi) is 5.59. The minimum Gasteiger partial charge on any atom is -0.508 e. The number of halogens is 1. The number of phenolic OH excluding ortho intramolecular Hbond substituents is 1. The molecule has 2 aliphatic rings. The minimum atomic E-state index is -1.73. The number of carbonyl (C=O) groups is 3. The molecular formula is C22H21BrN2O7. The number of carboxylic acids is 1. The van der Waals surface area contributed by atoms with Gasteiger partial charge in [0.05, 0.1) is 30.5 Å². The van der Waals surface area contributed by atoms with E-state index >= 15 is 0 Å². The van der Waals surface area contributed by atoms with Crippen LogP contribution < -0.4 is 20.1 Å². The molecule has 4 unspecified atom stereocenters. The van der Waals surface area contributed by atoms with Crippen LogP contribution in [0, 0.1) is 11.8 Å². The van der Waals surface area contributed by atoms with E-state index in [2.05, 4.69) is 26.6 Å². The van der Waals surface area contributed by atoms with E-state index in [1.54, 1.807) is 24.3 Å². The Bertz CT molecular complexity index is 1100. The molecule has 4 rings (SSSR count). The number of rotatable bonds is 6. The molecule has 2 fully saturated rings. The lowest BCUT2D eigenvalue weighted by molar-refractivity contribution is -0.149. The molecule has 2 saturated heterocycles. The number of hydrogen-bond acceptors (Lipinski definition) is 7. The Hall–Kier alpha value is -3.11. The molecule has 0 saturated carbocycles. The summed E-state index contributed by atoms with van der Waals surface area (Å²) in [6.45, 7) is 0. The predicted octanol–water partition coefficient (Wildman–Crippen LogP) is 1.77. The number of methoxy groups -OCH3 is 2. The zero-order valence-corrected chi connectivity index (χ0v) is 18.8. The summed E-state index contributed by atoms with van der Waals surface area (Å²) in [6.07, 6.45) is -0.0601. The summed E-state index contributed by atoms with van der Waals surface area (Å²) in [6, 6.07) is 8.67. The van der Waals surface area contributed by atoms with Crippen LogP contribution in [-0.4, -0.2) is 47.8 Å².